The van der Waals surface area contributed by atoms with Crippen molar-refractivity contribution in [3.63, 3.8) is 0 Å². The lowest BCUT2D eigenvalue weighted by molar-refractivity contribution is 0.0523. The molecule has 6 heteroatoms. The second-order valence-corrected chi connectivity index (χ2v) is 9.27. The van der Waals surface area contributed by atoms with Gasteiger partial charge in [0.1, 0.15) is 23.5 Å². The summed E-state index contributed by atoms with van der Waals surface area (Å²) < 4.78 is 17.2. The molecule has 0 aliphatic rings. The van der Waals surface area contributed by atoms with Gasteiger partial charge in [0.2, 0.25) is 0 Å². The molecule has 4 rings (SSSR count). The van der Waals surface area contributed by atoms with Crippen LogP contribution in [-0.4, -0.2) is 11.7 Å². The Balaban J connectivity index is 1.56. The van der Waals surface area contributed by atoms with E-state index in [0.29, 0.717) is 25.3 Å². The van der Waals surface area contributed by atoms with Crippen molar-refractivity contribution in [1.82, 2.24) is 5.32 Å². The molecule has 1 heterocycles. The highest BCUT2D eigenvalue weighted by Crippen LogP contribution is 2.32. The zero-order valence-electron chi connectivity index (χ0n) is 20.1. The Morgan fingerprint density at radius 3 is 2.66 bits per heavy atom. The third kappa shape index (κ3) is 6.21. The van der Waals surface area contributed by atoms with Gasteiger partial charge in [-0.25, -0.2) is 4.79 Å². The zero-order chi connectivity index (χ0) is 24.8. The number of nitriles is 1. The first-order valence-electron chi connectivity index (χ1n) is 11.5. The fourth-order valence-corrected chi connectivity index (χ4v) is 3.82. The van der Waals surface area contributed by atoms with Crippen LogP contribution in [0.4, 0.5) is 4.79 Å². The number of hydrogen-bond donors (Lipinski definition) is 1. The summed E-state index contributed by atoms with van der Waals surface area (Å²) in [7, 11) is 0. The maximum Gasteiger partial charge on any atom is 0.407 e. The molecule has 0 atom stereocenters. The predicted octanol–water partition coefficient (Wildman–Crippen LogP) is 6.77. The van der Waals surface area contributed by atoms with Crippen LogP contribution >= 0.6 is 0 Å². The number of nitrogens with zero attached hydrogens (tertiary/aromatic N) is 1. The molecule has 0 fully saturated rings. The van der Waals surface area contributed by atoms with Gasteiger partial charge in [0.15, 0.2) is 0 Å². The Labute approximate surface area is 205 Å². The number of nitrogens with one attached hydrogen (secondary N) is 1. The van der Waals surface area contributed by atoms with Crippen LogP contribution < -0.4 is 10.1 Å². The molecule has 178 valence electrons. The number of para-hydroxylation sites is 1. The highest BCUT2D eigenvalue weighted by atomic mass is 16.6. The molecule has 0 spiro atoms. The predicted molar refractivity (Wildman–Crippen MR) is 135 cm³/mol. The Hall–Kier alpha value is -4.24. The largest absolute Gasteiger partial charge is 0.489 e. The highest BCUT2D eigenvalue weighted by molar-refractivity contribution is 5.93. The minimum atomic E-state index is -0.547. The maximum atomic E-state index is 12.0. The summed E-state index contributed by atoms with van der Waals surface area (Å²) in [5, 5.41) is 12.9. The molecule has 0 saturated carbocycles. The Kier molecular flexibility index (Phi) is 7.07. The van der Waals surface area contributed by atoms with Crippen molar-refractivity contribution in [3.05, 3.63) is 89.7 Å². The third-order valence-electron chi connectivity index (χ3n) is 5.32. The number of furan rings is 1. The summed E-state index contributed by atoms with van der Waals surface area (Å²) in [4.78, 5) is 12.0. The van der Waals surface area contributed by atoms with E-state index in [1.165, 1.54) is 0 Å². The minimum Gasteiger partial charge on any atom is -0.489 e. The van der Waals surface area contributed by atoms with Crippen molar-refractivity contribution in [2.24, 2.45) is 0 Å². The maximum absolute atomic E-state index is 12.0. The monoisotopic (exact) mass is 468 g/mol. The quantitative estimate of drug-likeness (QED) is 0.323. The summed E-state index contributed by atoms with van der Waals surface area (Å²) >= 11 is 0. The first-order chi connectivity index (χ1) is 16.8. The summed E-state index contributed by atoms with van der Waals surface area (Å²) in [6.45, 7) is 6.21. The van der Waals surface area contributed by atoms with E-state index in [4.69, 9.17) is 19.2 Å². The smallest absolute Gasteiger partial charge is 0.407 e. The fourth-order valence-electron chi connectivity index (χ4n) is 3.82. The van der Waals surface area contributed by atoms with E-state index in [1.54, 1.807) is 6.26 Å². The Morgan fingerprint density at radius 1 is 1.03 bits per heavy atom. The van der Waals surface area contributed by atoms with E-state index < -0.39 is 11.7 Å². The van der Waals surface area contributed by atoms with Crippen molar-refractivity contribution in [1.29, 1.82) is 5.26 Å². The zero-order valence-corrected chi connectivity index (χ0v) is 20.1. The third-order valence-corrected chi connectivity index (χ3v) is 5.32. The molecule has 1 amide bonds. The lowest BCUT2D eigenvalue weighted by atomic mass is 9.99. The number of amides is 1. The van der Waals surface area contributed by atoms with Crippen LogP contribution in [-0.2, 0) is 24.3 Å². The van der Waals surface area contributed by atoms with Crippen LogP contribution in [0.3, 0.4) is 0 Å². The molecule has 0 saturated heterocycles. The number of hydrogen-bond acceptors (Lipinski definition) is 5. The van der Waals surface area contributed by atoms with E-state index in [0.717, 1.165) is 38.8 Å². The Morgan fingerprint density at radius 2 is 1.86 bits per heavy atom. The molecule has 4 aromatic rings. The van der Waals surface area contributed by atoms with Gasteiger partial charge in [-0.2, -0.15) is 5.26 Å². The van der Waals surface area contributed by atoms with Crippen LogP contribution in [0.2, 0.25) is 0 Å². The summed E-state index contributed by atoms with van der Waals surface area (Å²) in [5.74, 6) is 0.707. The van der Waals surface area contributed by atoms with Crippen LogP contribution in [0.25, 0.3) is 22.1 Å². The van der Waals surface area contributed by atoms with Gasteiger partial charge in [-0.3, -0.25) is 0 Å². The molecule has 0 aliphatic carbocycles. The van der Waals surface area contributed by atoms with Crippen LogP contribution in [0, 0.1) is 11.3 Å². The lowest BCUT2D eigenvalue weighted by Crippen LogP contribution is -2.32. The van der Waals surface area contributed by atoms with Gasteiger partial charge in [-0.05, 0) is 67.8 Å². The lowest BCUT2D eigenvalue weighted by Gasteiger charge is -2.19. The number of rotatable bonds is 7. The highest BCUT2D eigenvalue weighted by Gasteiger charge is 2.16. The van der Waals surface area contributed by atoms with Crippen LogP contribution in [0.5, 0.6) is 5.75 Å². The van der Waals surface area contributed by atoms with E-state index in [2.05, 4.69) is 17.5 Å². The van der Waals surface area contributed by atoms with E-state index >= 15 is 0 Å². The van der Waals surface area contributed by atoms with Gasteiger partial charge in [0.05, 0.1) is 18.8 Å². The second-order valence-electron chi connectivity index (χ2n) is 9.27. The van der Waals surface area contributed by atoms with Gasteiger partial charge < -0.3 is 19.2 Å². The Bertz CT molecular complexity index is 1380. The number of carbonyl (C=O) groups excluding carboxylic acids is 1. The summed E-state index contributed by atoms with van der Waals surface area (Å²) in [6.07, 6.45) is 1.52. The first-order valence-corrected chi connectivity index (χ1v) is 11.5. The van der Waals surface area contributed by atoms with E-state index in [9.17, 15) is 4.79 Å². The van der Waals surface area contributed by atoms with Crippen molar-refractivity contribution >= 4 is 17.1 Å². The molecule has 35 heavy (non-hydrogen) atoms. The van der Waals surface area contributed by atoms with Gasteiger partial charge in [0.25, 0.3) is 0 Å². The average Bonchev–Trinajstić information content (AvgIpc) is 3.30. The number of alkyl carbamates (subject to hydrolysis) is 1. The fraction of sp³-hybridized carbons (Fsp3) is 0.241. The second kappa shape index (κ2) is 10.4. The molecule has 3 aromatic carbocycles. The molecule has 1 aromatic heterocycles. The van der Waals surface area contributed by atoms with E-state index in [1.807, 2.05) is 81.4 Å². The standard InChI is InChI=1S/C29H28N2O4/c1-29(2,3)35-28(32)31-18-20-7-6-9-23(15-20)25-17-21(16-24-12-14-33-27(24)25)19-34-26-10-5-4-8-22(26)11-13-30/h4-10,12,14-17H,11,18-19H2,1-3H3,(H,31,32). The molecular weight excluding hydrogens is 440 g/mol. The van der Waals surface area contributed by atoms with Gasteiger partial charge in [0, 0.05) is 23.1 Å². The van der Waals surface area contributed by atoms with Crippen molar-refractivity contribution in [3.8, 4) is 22.9 Å². The molecule has 0 bridgehead atoms. The van der Waals surface area contributed by atoms with E-state index in [-0.39, 0.29) is 0 Å². The molecule has 1 N–H and O–H groups in total. The SMILES string of the molecule is CC(C)(C)OC(=O)NCc1cccc(-c2cc(COc3ccccc3CC#N)cc3ccoc23)c1. The number of benzene rings is 3. The molecule has 6 nitrogen and oxygen atoms in total. The number of carbonyl (C=O) groups is 1. The molecule has 0 radical (unpaired) electrons. The minimum absolute atomic E-state index is 0.298. The van der Waals surface area contributed by atoms with Crippen molar-refractivity contribution in [2.75, 3.05) is 0 Å². The number of ether oxygens (including phenoxy) is 2. The molecular formula is C29H28N2O4. The van der Waals surface area contributed by atoms with Crippen LogP contribution in [0.15, 0.2) is 77.4 Å². The van der Waals surface area contributed by atoms with Crippen LogP contribution in [0.1, 0.15) is 37.5 Å². The van der Waals surface area contributed by atoms with Crippen molar-refractivity contribution < 1.29 is 18.7 Å². The van der Waals surface area contributed by atoms with Gasteiger partial charge in [-0.1, -0.05) is 36.4 Å². The average molecular weight is 469 g/mol. The van der Waals surface area contributed by atoms with Gasteiger partial charge >= 0.3 is 6.09 Å². The first kappa shape index (κ1) is 23.9. The van der Waals surface area contributed by atoms with Gasteiger partial charge in [-0.15, -0.1) is 0 Å². The topological polar surface area (TPSA) is 84.5 Å². The molecule has 0 unspecified atom stereocenters. The summed E-state index contributed by atoms with van der Waals surface area (Å²) in [5.41, 5.74) is 4.95. The summed E-state index contributed by atoms with van der Waals surface area (Å²) in [6, 6.07) is 23.8. The molecule has 0 aliphatic heterocycles. The van der Waals surface area contributed by atoms with Crippen molar-refractivity contribution in [2.45, 2.75) is 45.9 Å². The number of fused-ring (bicyclic) bond motifs is 1. The normalized spacial score (nSPS) is 11.1.